The summed E-state index contributed by atoms with van der Waals surface area (Å²) in [6.45, 7) is 5.90. The molecule has 33 heavy (non-hydrogen) atoms. The molecule has 0 bridgehead atoms. The monoisotopic (exact) mass is 473 g/mol. The fraction of sp³-hybridized carbons (Fsp3) is 0.417. The van der Waals surface area contributed by atoms with Crippen LogP contribution < -0.4 is 10.2 Å². The molecule has 0 aliphatic carbocycles. The van der Waals surface area contributed by atoms with Crippen molar-refractivity contribution in [3.63, 3.8) is 0 Å². The maximum absolute atomic E-state index is 13.3. The number of amides is 2. The van der Waals surface area contributed by atoms with Gasteiger partial charge in [-0.3, -0.25) is 9.59 Å². The van der Waals surface area contributed by atoms with Gasteiger partial charge < -0.3 is 10.2 Å². The van der Waals surface area contributed by atoms with E-state index in [1.807, 2.05) is 0 Å². The SMILES string of the molecule is Cc1cc(F)ccc1NC(=O)CN1C(=O)C(C)(C)c2cc(S(=O)(=O)N3CCCCC3)ccc21. The minimum atomic E-state index is -3.65. The van der Waals surface area contributed by atoms with Crippen molar-refractivity contribution in [2.45, 2.75) is 50.3 Å². The number of hydrogen-bond donors (Lipinski definition) is 1. The summed E-state index contributed by atoms with van der Waals surface area (Å²) >= 11 is 0. The number of hydrogen-bond acceptors (Lipinski definition) is 4. The van der Waals surface area contributed by atoms with E-state index in [1.54, 1.807) is 32.9 Å². The van der Waals surface area contributed by atoms with Crippen molar-refractivity contribution in [2.75, 3.05) is 29.9 Å². The van der Waals surface area contributed by atoms with E-state index in [9.17, 15) is 22.4 Å². The number of carbonyl (C=O) groups is 2. The van der Waals surface area contributed by atoms with E-state index in [2.05, 4.69) is 5.32 Å². The number of carbonyl (C=O) groups excluding carboxylic acids is 2. The zero-order chi connectivity index (χ0) is 24.0. The van der Waals surface area contributed by atoms with Crippen LogP contribution in [0.1, 0.15) is 44.2 Å². The summed E-state index contributed by atoms with van der Waals surface area (Å²) < 4.78 is 41.1. The second-order valence-corrected chi connectivity index (χ2v) is 11.1. The first-order valence-corrected chi connectivity index (χ1v) is 12.5. The topological polar surface area (TPSA) is 86.8 Å². The molecule has 2 aliphatic heterocycles. The summed E-state index contributed by atoms with van der Waals surface area (Å²) in [5.74, 6) is -1.10. The van der Waals surface area contributed by atoms with Crippen LogP contribution in [0.3, 0.4) is 0 Å². The fourth-order valence-electron chi connectivity index (χ4n) is 4.49. The van der Waals surface area contributed by atoms with Gasteiger partial charge in [0.1, 0.15) is 12.4 Å². The lowest BCUT2D eigenvalue weighted by Crippen LogP contribution is -2.40. The van der Waals surface area contributed by atoms with Crippen molar-refractivity contribution >= 4 is 33.2 Å². The van der Waals surface area contributed by atoms with Crippen LogP contribution in [0, 0.1) is 12.7 Å². The number of benzene rings is 2. The Morgan fingerprint density at radius 3 is 2.45 bits per heavy atom. The molecule has 1 N–H and O–H groups in total. The minimum absolute atomic E-state index is 0.164. The minimum Gasteiger partial charge on any atom is -0.324 e. The highest BCUT2D eigenvalue weighted by molar-refractivity contribution is 7.89. The van der Waals surface area contributed by atoms with Gasteiger partial charge in [-0.15, -0.1) is 0 Å². The maximum Gasteiger partial charge on any atom is 0.244 e. The molecule has 9 heteroatoms. The fourth-order valence-corrected chi connectivity index (χ4v) is 6.03. The highest BCUT2D eigenvalue weighted by Gasteiger charge is 2.45. The number of nitrogens with one attached hydrogen (secondary N) is 1. The third-order valence-corrected chi connectivity index (χ3v) is 8.32. The van der Waals surface area contributed by atoms with Gasteiger partial charge in [0.05, 0.1) is 10.3 Å². The average Bonchev–Trinajstić information content (AvgIpc) is 2.96. The Morgan fingerprint density at radius 2 is 1.79 bits per heavy atom. The molecule has 1 fully saturated rings. The molecule has 0 atom stereocenters. The number of anilines is 2. The molecular formula is C24H28FN3O4S. The van der Waals surface area contributed by atoms with E-state index >= 15 is 0 Å². The van der Waals surface area contributed by atoms with Gasteiger partial charge in [0.2, 0.25) is 21.8 Å². The van der Waals surface area contributed by atoms with E-state index in [0.717, 1.165) is 19.3 Å². The Hall–Kier alpha value is -2.78. The van der Waals surface area contributed by atoms with Crippen LogP contribution in [0.4, 0.5) is 15.8 Å². The number of rotatable bonds is 5. The number of nitrogens with zero attached hydrogens (tertiary/aromatic N) is 2. The van der Waals surface area contributed by atoms with E-state index < -0.39 is 27.2 Å². The Labute approximate surface area is 193 Å². The van der Waals surface area contributed by atoms with Crippen LogP contribution >= 0.6 is 0 Å². The summed E-state index contributed by atoms with van der Waals surface area (Å²) in [4.78, 5) is 27.4. The highest BCUT2D eigenvalue weighted by Crippen LogP contribution is 2.43. The van der Waals surface area contributed by atoms with E-state index in [1.165, 1.54) is 33.5 Å². The summed E-state index contributed by atoms with van der Waals surface area (Å²) in [6, 6.07) is 8.73. The van der Waals surface area contributed by atoms with Crippen LogP contribution in [-0.2, 0) is 25.0 Å². The normalized spacial score (nSPS) is 18.3. The second-order valence-electron chi connectivity index (χ2n) is 9.17. The van der Waals surface area contributed by atoms with Crippen molar-refractivity contribution < 1.29 is 22.4 Å². The van der Waals surface area contributed by atoms with Crippen molar-refractivity contribution in [1.29, 1.82) is 0 Å². The molecule has 0 saturated carbocycles. The molecule has 0 aromatic heterocycles. The summed E-state index contributed by atoms with van der Waals surface area (Å²) in [5.41, 5.74) is 1.17. The second kappa shape index (κ2) is 8.53. The number of piperidine rings is 1. The molecule has 2 aromatic rings. The largest absolute Gasteiger partial charge is 0.324 e. The number of sulfonamides is 1. The number of aryl methyl sites for hydroxylation is 1. The molecule has 2 heterocycles. The number of fused-ring (bicyclic) bond motifs is 1. The molecule has 2 amide bonds. The van der Waals surface area contributed by atoms with Crippen LogP contribution in [0.15, 0.2) is 41.3 Å². The Balaban J connectivity index is 1.60. The Bertz CT molecular complexity index is 1220. The van der Waals surface area contributed by atoms with Crippen LogP contribution in [-0.4, -0.2) is 44.2 Å². The molecule has 0 unspecified atom stereocenters. The third kappa shape index (κ3) is 4.27. The van der Waals surface area contributed by atoms with Crippen LogP contribution in [0.2, 0.25) is 0 Å². The third-order valence-electron chi connectivity index (χ3n) is 6.43. The first-order chi connectivity index (χ1) is 15.5. The molecule has 2 aliphatic rings. The van der Waals surface area contributed by atoms with Gasteiger partial charge >= 0.3 is 0 Å². The van der Waals surface area contributed by atoms with Crippen molar-refractivity contribution in [2.24, 2.45) is 0 Å². The van der Waals surface area contributed by atoms with Crippen LogP contribution in [0.5, 0.6) is 0 Å². The molecule has 7 nitrogen and oxygen atoms in total. The summed E-state index contributed by atoms with van der Waals surface area (Å²) in [6.07, 6.45) is 2.70. The smallest absolute Gasteiger partial charge is 0.244 e. The predicted octanol–water partition coefficient (Wildman–Crippen LogP) is 3.57. The first kappa shape index (κ1) is 23.4. The molecule has 2 aromatic carbocycles. The van der Waals surface area contributed by atoms with Gasteiger partial charge in [-0.05, 0) is 81.1 Å². The van der Waals surface area contributed by atoms with Crippen molar-refractivity contribution in [3.8, 4) is 0 Å². The quantitative estimate of drug-likeness (QED) is 0.719. The van der Waals surface area contributed by atoms with Gasteiger partial charge in [-0.2, -0.15) is 4.31 Å². The molecule has 4 rings (SSSR count). The zero-order valence-electron chi connectivity index (χ0n) is 19.0. The number of halogens is 1. The van der Waals surface area contributed by atoms with E-state index in [-0.39, 0.29) is 17.3 Å². The van der Waals surface area contributed by atoms with Crippen molar-refractivity contribution in [1.82, 2.24) is 4.31 Å². The Morgan fingerprint density at radius 1 is 1.09 bits per heavy atom. The maximum atomic E-state index is 13.3. The van der Waals surface area contributed by atoms with Gasteiger partial charge in [-0.1, -0.05) is 6.42 Å². The van der Waals surface area contributed by atoms with E-state index in [4.69, 9.17) is 0 Å². The average molecular weight is 474 g/mol. The highest BCUT2D eigenvalue weighted by atomic mass is 32.2. The van der Waals surface area contributed by atoms with Gasteiger partial charge in [0.15, 0.2) is 0 Å². The summed E-state index contributed by atoms with van der Waals surface area (Å²) in [5, 5.41) is 2.72. The van der Waals surface area contributed by atoms with Gasteiger partial charge in [0.25, 0.3) is 0 Å². The first-order valence-electron chi connectivity index (χ1n) is 11.0. The molecule has 0 radical (unpaired) electrons. The molecular weight excluding hydrogens is 445 g/mol. The lowest BCUT2D eigenvalue weighted by Gasteiger charge is -2.26. The van der Waals surface area contributed by atoms with Gasteiger partial charge in [-0.25, -0.2) is 12.8 Å². The predicted molar refractivity (Wildman–Crippen MR) is 124 cm³/mol. The van der Waals surface area contributed by atoms with E-state index in [0.29, 0.717) is 35.6 Å². The molecule has 0 spiro atoms. The van der Waals surface area contributed by atoms with Crippen molar-refractivity contribution in [3.05, 3.63) is 53.3 Å². The van der Waals surface area contributed by atoms with Gasteiger partial charge in [0, 0.05) is 24.5 Å². The molecule has 176 valence electrons. The Kier molecular flexibility index (Phi) is 6.05. The standard InChI is InChI=1S/C24H28FN3O4S/c1-16-13-17(25)7-9-20(16)26-22(29)15-28-21-10-8-18(14-19(21)24(2,3)23(28)30)33(31,32)27-11-5-4-6-12-27/h7-10,13-14H,4-6,11-12,15H2,1-3H3,(H,26,29). The summed E-state index contributed by atoms with van der Waals surface area (Å²) in [7, 11) is -3.65. The lowest BCUT2D eigenvalue weighted by molar-refractivity contribution is -0.124. The lowest BCUT2D eigenvalue weighted by atomic mass is 9.86. The zero-order valence-corrected chi connectivity index (χ0v) is 19.8. The molecule has 1 saturated heterocycles. The van der Waals surface area contributed by atoms with Crippen LogP contribution in [0.25, 0.3) is 0 Å².